The molecule has 0 aromatic carbocycles. The van der Waals surface area contributed by atoms with Crippen molar-refractivity contribution >= 4 is 0 Å². The standard InChI is InChI=1S/C14H21N5/c1-18-8-6-17-14(18)4-7-19-11-16-10-13(19)12-3-2-5-15-9-12/h6,8,10-12,15H,2-5,7,9H2,1H3. The zero-order valence-electron chi connectivity index (χ0n) is 11.4. The van der Waals surface area contributed by atoms with E-state index in [-0.39, 0.29) is 0 Å². The first-order valence-electron chi connectivity index (χ1n) is 7.01. The Morgan fingerprint density at radius 3 is 3.16 bits per heavy atom. The predicted molar refractivity (Wildman–Crippen MR) is 74.0 cm³/mol. The van der Waals surface area contributed by atoms with Gasteiger partial charge in [0.1, 0.15) is 5.82 Å². The van der Waals surface area contributed by atoms with Gasteiger partial charge in [-0.05, 0) is 19.4 Å². The van der Waals surface area contributed by atoms with E-state index in [9.17, 15) is 0 Å². The number of nitrogens with one attached hydrogen (secondary N) is 1. The summed E-state index contributed by atoms with van der Waals surface area (Å²) in [4.78, 5) is 8.70. The Bertz CT molecular complexity index is 521. The van der Waals surface area contributed by atoms with Crippen LogP contribution in [0.3, 0.4) is 0 Å². The summed E-state index contributed by atoms with van der Waals surface area (Å²) in [7, 11) is 2.04. The van der Waals surface area contributed by atoms with Crippen molar-refractivity contribution in [2.75, 3.05) is 13.1 Å². The highest BCUT2D eigenvalue weighted by atomic mass is 15.1. The highest BCUT2D eigenvalue weighted by Gasteiger charge is 2.18. The summed E-state index contributed by atoms with van der Waals surface area (Å²) in [5.41, 5.74) is 1.36. The fourth-order valence-electron chi connectivity index (χ4n) is 2.82. The molecule has 0 bridgehead atoms. The lowest BCUT2D eigenvalue weighted by Gasteiger charge is -2.23. The molecule has 2 aromatic rings. The van der Waals surface area contributed by atoms with Crippen LogP contribution in [0, 0.1) is 0 Å². The van der Waals surface area contributed by atoms with Gasteiger partial charge in [-0.3, -0.25) is 0 Å². The van der Waals surface area contributed by atoms with Crippen LogP contribution in [-0.4, -0.2) is 32.2 Å². The summed E-state index contributed by atoms with van der Waals surface area (Å²) < 4.78 is 4.37. The number of aryl methyl sites for hydroxylation is 3. The second-order valence-corrected chi connectivity index (χ2v) is 5.26. The molecule has 0 spiro atoms. The van der Waals surface area contributed by atoms with Crippen molar-refractivity contribution in [2.24, 2.45) is 7.05 Å². The van der Waals surface area contributed by atoms with Gasteiger partial charge in [-0.1, -0.05) is 0 Å². The molecule has 5 nitrogen and oxygen atoms in total. The van der Waals surface area contributed by atoms with Gasteiger partial charge in [-0.25, -0.2) is 9.97 Å². The van der Waals surface area contributed by atoms with Gasteiger partial charge in [-0.2, -0.15) is 0 Å². The van der Waals surface area contributed by atoms with Crippen LogP contribution in [0.25, 0.3) is 0 Å². The first-order valence-corrected chi connectivity index (χ1v) is 7.01. The molecule has 2 aromatic heterocycles. The molecule has 102 valence electrons. The van der Waals surface area contributed by atoms with E-state index >= 15 is 0 Å². The Morgan fingerprint density at radius 1 is 1.47 bits per heavy atom. The van der Waals surface area contributed by atoms with E-state index in [2.05, 4.69) is 24.4 Å². The molecule has 0 radical (unpaired) electrons. The Balaban J connectivity index is 1.68. The number of rotatable bonds is 4. The van der Waals surface area contributed by atoms with Crippen LogP contribution >= 0.6 is 0 Å². The first kappa shape index (κ1) is 12.4. The smallest absolute Gasteiger partial charge is 0.110 e. The summed E-state index contributed by atoms with van der Waals surface area (Å²) in [5.74, 6) is 1.74. The van der Waals surface area contributed by atoms with E-state index in [1.54, 1.807) is 0 Å². The summed E-state index contributed by atoms with van der Waals surface area (Å²) in [6.45, 7) is 3.18. The third kappa shape index (κ3) is 2.71. The van der Waals surface area contributed by atoms with E-state index in [1.807, 2.05) is 32.0 Å². The number of hydrogen-bond acceptors (Lipinski definition) is 3. The summed E-state index contributed by atoms with van der Waals surface area (Å²) in [6, 6.07) is 0. The maximum atomic E-state index is 4.37. The predicted octanol–water partition coefficient (Wildman–Crippen LogP) is 1.33. The van der Waals surface area contributed by atoms with Crippen molar-refractivity contribution in [1.82, 2.24) is 24.4 Å². The van der Waals surface area contributed by atoms with E-state index in [4.69, 9.17) is 0 Å². The Hall–Kier alpha value is -1.62. The Morgan fingerprint density at radius 2 is 2.42 bits per heavy atom. The highest BCUT2D eigenvalue weighted by Crippen LogP contribution is 2.22. The molecule has 19 heavy (non-hydrogen) atoms. The van der Waals surface area contributed by atoms with Crippen molar-refractivity contribution in [3.63, 3.8) is 0 Å². The van der Waals surface area contributed by atoms with Gasteiger partial charge in [0.15, 0.2) is 0 Å². The van der Waals surface area contributed by atoms with Gasteiger partial charge in [-0.15, -0.1) is 0 Å². The van der Waals surface area contributed by atoms with E-state index in [1.165, 1.54) is 18.5 Å². The number of piperidine rings is 1. The van der Waals surface area contributed by atoms with Gasteiger partial charge in [0, 0.05) is 56.8 Å². The summed E-state index contributed by atoms with van der Waals surface area (Å²) in [6.07, 6.45) is 11.3. The molecule has 1 aliphatic rings. The molecule has 0 amide bonds. The maximum absolute atomic E-state index is 4.37. The van der Waals surface area contributed by atoms with Crippen LogP contribution in [0.4, 0.5) is 0 Å². The first-order chi connectivity index (χ1) is 9.34. The average molecular weight is 259 g/mol. The number of hydrogen-bond donors (Lipinski definition) is 1. The van der Waals surface area contributed by atoms with E-state index in [0.29, 0.717) is 5.92 Å². The minimum atomic E-state index is 0.609. The van der Waals surface area contributed by atoms with E-state index in [0.717, 1.165) is 31.9 Å². The number of aromatic nitrogens is 4. The molecular weight excluding hydrogens is 238 g/mol. The Kier molecular flexibility index (Phi) is 3.64. The molecule has 0 saturated carbocycles. The third-order valence-electron chi connectivity index (χ3n) is 3.96. The largest absolute Gasteiger partial charge is 0.338 e. The molecule has 1 atom stereocenters. The van der Waals surface area contributed by atoms with Crippen molar-refractivity contribution in [3.05, 3.63) is 36.4 Å². The molecular formula is C14H21N5. The van der Waals surface area contributed by atoms with Gasteiger partial charge in [0.05, 0.1) is 6.33 Å². The molecule has 1 saturated heterocycles. The lowest BCUT2D eigenvalue weighted by atomic mass is 9.96. The summed E-state index contributed by atoms with van der Waals surface area (Å²) >= 11 is 0. The fraction of sp³-hybridized carbons (Fsp3) is 0.571. The van der Waals surface area contributed by atoms with Crippen molar-refractivity contribution in [1.29, 1.82) is 0 Å². The van der Waals surface area contributed by atoms with E-state index < -0.39 is 0 Å². The van der Waals surface area contributed by atoms with Crippen molar-refractivity contribution < 1.29 is 0 Å². The summed E-state index contributed by atoms with van der Waals surface area (Å²) in [5, 5.41) is 3.47. The van der Waals surface area contributed by atoms with Gasteiger partial charge in [0.25, 0.3) is 0 Å². The number of imidazole rings is 2. The van der Waals surface area contributed by atoms with Crippen LogP contribution in [0.2, 0.25) is 0 Å². The molecule has 1 aliphatic heterocycles. The topological polar surface area (TPSA) is 47.7 Å². The molecule has 1 unspecified atom stereocenters. The lowest BCUT2D eigenvalue weighted by Crippen LogP contribution is -2.29. The third-order valence-corrected chi connectivity index (χ3v) is 3.96. The second kappa shape index (κ2) is 5.57. The van der Waals surface area contributed by atoms with Crippen LogP contribution in [-0.2, 0) is 20.0 Å². The monoisotopic (exact) mass is 259 g/mol. The van der Waals surface area contributed by atoms with Gasteiger partial charge >= 0.3 is 0 Å². The SMILES string of the molecule is Cn1ccnc1CCn1cncc1C1CCCNC1. The molecule has 3 rings (SSSR count). The van der Waals surface area contributed by atoms with Gasteiger partial charge in [0.2, 0.25) is 0 Å². The molecule has 0 aliphatic carbocycles. The zero-order valence-corrected chi connectivity index (χ0v) is 11.4. The molecule has 3 heterocycles. The fourth-order valence-corrected chi connectivity index (χ4v) is 2.82. The van der Waals surface area contributed by atoms with Crippen LogP contribution in [0.15, 0.2) is 24.9 Å². The molecule has 5 heteroatoms. The van der Waals surface area contributed by atoms with Crippen molar-refractivity contribution in [2.45, 2.75) is 31.7 Å². The van der Waals surface area contributed by atoms with Crippen LogP contribution < -0.4 is 5.32 Å². The second-order valence-electron chi connectivity index (χ2n) is 5.26. The quantitative estimate of drug-likeness (QED) is 0.901. The minimum Gasteiger partial charge on any atom is -0.338 e. The maximum Gasteiger partial charge on any atom is 0.110 e. The lowest BCUT2D eigenvalue weighted by molar-refractivity contribution is 0.439. The number of nitrogens with zero attached hydrogens (tertiary/aromatic N) is 4. The Labute approximate surface area is 113 Å². The zero-order chi connectivity index (χ0) is 13.1. The van der Waals surface area contributed by atoms with Crippen molar-refractivity contribution in [3.8, 4) is 0 Å². The normalized spacial score (nSPS) is 19.7. The molecule has 1 fully saturated rings. The minimum absolute atomic E-state index is 0.609. The highest BCUT2D eigenvalue weighted by molar-refractivity contribution is 5.08. The van der Waals surface area contributed by atoms with Crippen LogP contribution in [0.1, 0.15) is 30.3 Å². The average Bonchev–Trinajstić information content (AvgIpc) is 3.06. The molecule has 1 N–H and O–H groups in total. The van der Waals surface area contributed by atoms with Crippen LogP contribution in [0.5, 0.6) is 0 Å². The van der Waals surface area contributed by atoms with Gasteiger partial charge < -0.3 is 14.5 Å².